The maximum atomic E-state index is 13.6. The van der Waals surface area contributed by atoms with Gasteiger partial charge < -0.3 is 20.1 Å². The van der Waals surface area contributed by atoms with Gasteiger partial charge in [-0.05, 0) is 42.3 Å². The molecule has 168 valence electrons. The minimum atomic E-state index is -1.38. The first kappa shape index (κ1) is 23.4. The second-order valence-electron chi connectivity index (χ2n) is 7.95. The number of nitrogens with zero attached hydrogens (tertiary/aromatic N) is 2. The Morgan fingerprint density at radius 3 is 2.38 bits per heavy atom. The van der Waals surface area contributed by atoms with E-state index in [1.54, 1.807) is 22.9 Å². The average Bonchev–Trinajstić information content (AvgIpc) is 3.12. The summed E-state index contributed by atoms with van der Waals surface area (Å²) in [6.45, 7) is 4.01. The van der Waals surface area contributed by atoms with Gasteiger partial charge >= 0.3 is 0 Å². The number of rotatable bonds is 9. The Morgan fingerprint density at radius 2 is 1.78 bits per heavy atom. The number of aromatic nitrogens is 2. The molecule has 0 aliphatic rings. The lowest BCUT2D eigenvalue weighted by molar-refractivity contribution is -0.307. The van der Waals surface area contributed by atoms with Gasteiger partial charge in [0.25, 0.3) is 0 Å². The van der Waals surface area contributed by atoms with Crippen LogP contribution in [-0.4, -0.2) is 38.2 Å². The Hall–Kier alpha value is -3.29. The number of aliphatic hydroxyl groups excluding tert-OH is 2. The molecule has 0 saturated carbocycles. The molecule has 0 spiro atoms. The molecule has 6 nitrogen and oxygen atoms in total. The molecule has 0 aliphatic carbocycles. The van der Waals surface area contributed by atoms with Crippen LogP contribution in [0.3, 0.4) is 0 Å². The van der Waals surface area contributed by atoms with Crippen LogP contribution in [0.2, 0.25) is 0 Å². The standard InChI is InChI=1S/C25H27FN2O4/c1-16(2)24-22(13-12-20(29)14-21(30)15-23(31)32)25(17-8-10-18(26)11-9-17)28(27-24)19-6-4-3-5-7-19/h3-13,16,20-21,29-30H,14-15H2,1-2H3,(H,31,32)/p-1/b13-12+/t20-,21-/m1/s1. The number of carboxylic acids is 1. The van der Waals surface area contributed by atoms with Crippen molar-refractivity contribution in [2.24, 2.45) is 0 Å². The Kier molecular flexibility index (Phi) is 7.56. The highest BCUT2D eigenvalue weighted by atomic mass is 19.1. The van der Waals surface area contributed by atoms with Crippen LogP contribution in [0.1, 0.15) is 43.9 Å². The zero-order valence-electron chi connectivity index (χ0n) is 18.0. The maximum Gasteiger partial charge on any atom is 0.123 e. The van der Waals surface area contributed by atoms with E-state index in [1.165, 1.54) is 18.2 Å². The minimum Gasteiger partial charge on any atom is -0.550 e. The molecule has 0 unspecified atom stereocenters. The Morgan fingerprint density at radius 1 is 1.12 bits per heavy atom. The number of carbonyl (C=O) groups is 1. The van der Waals surface area contributed by atoms with Crippen LogP contribution in [0.15, 0.2) is 60.7 Å². The van der Waals surface area contributed by atoms with Gasteiger partial charge in [-0.1, -0.05) is 44.2 Å². The number of benzene rings is 2. The molecule has 0 bridgehead atoms. The van der Waals surface area contributed by atoms with E-state index in [0.717, 1.165) is 28.2 Å². The molecule has 3 aromatic rings. The van der Waals surface area contributed by atoms with Crippen molar-refractivity contribution in [2.75, 3.05) is 0 Å². The van der Waals surface area contributed by atoms with E-state index in [4.69, 9.17) is 5.10 Å². The summed E-state index contributed by atoms with van der Waals surface area (Å²) in [5.41, 5.74) is 3.86. The van der Waals surface area contributed by atoms with Crippen molar-refractivity contribution in [1.82, 2.24) is 9.78 Å². The highest BCUT2D eigenvalue weighted by Crippen LogP contribution is 2.33. The number of hydrogen-bond acceptors (Lipinski definition) is 5. The second kappa shape index (κ2) is 10.3. The molecular formula is C25H26FN2O4-. The largest absolute Gasteiger partial charge is 0.550 e. The lowest BCUT2D eigenvalue weighted by Crippen LogP contribution is -2.29. The summed E-state index contributed by atoms with van der Waals surface area (Å²) in [6, 6.07) is 15.7. The molecule has 2 N–H and O–H groups in total. The number of aliphatic hydroxyl groups is 2. The van der Waals surface area contributed by atoms with E-state index >= 15 is 0 Å². The van der Waals surface area contributed by atoms with Gasteiger partial charge in [-0.25, -0.2) is 9.07 Å². The molecule has 1 aromatic heterocycles. The van der Waals surface area contributed by atoms with Crippen molar-refractivity contribution in [2.45, 2.75) is 44.8 Å². The molecule has 0 fully saturated rings. The first-order chi connectivity index (χ1) is 15.3. The van der Waals surface area contributed by atoms with Crippen LogP contribution in [0.4, 0.5) is 4.39 Å². The van der Waals surface area contributed by atoms with Crippen LogP contribution < -0.4 is 5.11 Å². The van der Waals surface area contributed by atoms with Gasteiger partial charge in [-0.3, -0.25) is 0 Å². The summed E-state index contributed by atoms with van der Waals surface area (Å²) in [5, 5.41) is 35.5. The van der Waals surface area contributed by atoms with E-state index < -0.39 is 24.6 Å². The highest BCUT2D eigenvalue weighted by Gasteiger charge is 2.21. The number of hydrogen-bond donors (Lipinski definition) is 2. The van der Waals surface area contributed by atoms with Gasteiger partial charge in [0.1, 0.15) is 5.82 Å². The molecule has 7 heteroatoms. The third kappa shape index (κ3) is 5.69. The van der Waals surface area contributed by atoms with Crippen molar-refractivity contribution in [3.63, 3.8) is 0 Å². The molecule has 2 atom stereocenters. The van der Waals surface area contributed by atoms with Crippen LogP contribution >= 0.6 is 0 Å². The molecular weight excluding hydrogens is 411 g/mol. The Labute approximate surface area is 186 Å². The first-order valence-electron chi connectivity index (χ1n) is 10.4. The molecule has 32 heavy (non-hydrogen) atoms. The fourth-order valence-corrected chi connectivity index (χ4v) is 3.52. The summed E-state index contributed by atoms with van der Waals surface area (Å²) in [7, 11) is 0. The van der Waals surface area contributed by atoms with Gasteiger partial charge in [0.05, 0.1) is 29.3 Å². The van der Waals surface area contributed by atoms with Gasteiger partial charge in [0.2, 0.25) is 0 Å². The van der Waals surface area contributed by atoms with E-state index in [1.807, 2.05) is 44.2 Å². The fraction of sp³-hybridized carbons (Fsp3) is 0.280. The van der Waals surface area contributed by atoms with E-state index in [2.05, 4.69) is 0 Å². The van der Waals surface area contributed by atoms with E-state index in [9.17, 15) is 24.5 Å². The van der Waals surface area contributed by atoms with Gasteiger partial charge in [0, 0.05) is 29.9 Å². The van der Waals surface area contributed by atoms with E-state index in [0.29, 0.717) is 0 Å². The van der Waals surface area contributed by atoms with Gasteiger partial charge in [-0.2, -0.15) is 5.10 Å². The van der Waals surface area contributed by atoms with Gasteiger partial charge in [0.15, 0.2) is 0 Å². The number of halogens is 1. The average molecular weight is 437 g/mol. The minimum absolute atomic E-state index is 0.0552. The number of carboxylic acid groups (broad SMARTS) is 1. The zero-order valence-corrected chi connectivity index (χ0v) is 18.0. The van der Waals surface area contributed by atoms with E-state index in [-0.39, 0.29) is 18.2 Å². The third-order valence-corrected chi connectivity index (χ3v) is 5.02. The smallest absolute Gasteiger partial charge is 0.123 e. The first-order valence-corrected chi connectivity index (χ1v) is 10.4. The van der Waals surface area contributed by atoms with Crippen molar-refractivity contribution in [3.05, 3.63) is 77.7 Å². The molecule has 1 heterocycles. The third-order valence-electron chi connectivity index (χ3n) is 5.02. The topological polar surface area (TPSA) is 98.4 Å². The monoisotopic (exact) mass is 437 g/mol. The number of carbonyl (C=O) groups excluding carboxylic acids is 1. The molecule has 0 amide bonds. The summed E-state index contributed by atoms with van der Waals surface area (Å²) in [4.78, 5) is 10.6. The summed E-state index contributed by atoms with van der Waals surface area (Å²) in [6.07, 6.45) is 0.258. The lowest BCUT2D eigenvalue weighted by Gasteiger charge is -2.13. The Bertz CT molecular complexity index is 1080. The highest BCUT2D eigenvalue weighted by molar-refractivity contribution is 5.76. The molecule has 2 aromatic carbocycles. The predicted octanol–water partition coefficient (Wildman–Crippen LogP) is 3.07. The number of aliphatic carboxylic acids is 1. The fourth-order valence-electron chi connectivity index (χ4n) is 3.52. The number of para-hydroxylation sites is 1. The zero-order chi connectivity index (χ0) is 23.3. The quantitative estimate of drug-likeness (QED) is 0.536. The van der Waals surface area contributed by atoms with Crippen LogP contribution in [-0.2, 0) is 4.79 Å². The Balaban J connectivity index is 2.08. The van der Waals surface area contributed by atoms with Crippen molar-refractivity contribution in [3.8, 4) is 16.9 Å². The SMILES string of the molecule is CC(C)c1nn(-c2ccccc2)c(-c2ccc(F)cc2)c1/C=C/[C@@H](O)C[C@@H](O)CC(=O)[O-]. The summed E-state index contributed by atoms with van der Waals surface area (Å²) >= 11 is 0. The normalized spacial score (nSPS) is 13.6. The molecule has 0 saturated heterocycles. The summed E-state index contributed by atoms with van der Waals surface area (Å²) < 4.78 is 15.4. The predicted molar refractivity (Wildman–Crippen MR) is 118 cm³/mol. The van der Waals surface area contributed by atoms with Crippen LogP contribution in [0, 0.1) is 5.82 Å². The lowest BCUT2D eigenvalue weighted by atomic mass is 9.98. The van der Waals surface area contributed by atoms with Gasteiger partial charge in [-0.15, -0.1) is 0 Å². The molecule has 3 rings (SSSR count). The van der Waals surface area contributed by atoms with Crippen molar-refractivity contribution in [1.29, 1.82) is 0 Å². The molecule has 0 radical (unpaired) electrons. The molecule has 0 aliphatic heterocycles. The van der Waals surface area contributed by atoms with Crippen molar-refractivity contribution >= 4 is 12.0 Å². The van der Waals surface area contributed by atoms with Crippen LogP contribution in [0.5, 0.6) is 0 Å². The maximum absolute atomic E-state index is 13.6. The summed E-state index contributed by atoms with van der Waals surface area (Å²) in [5.74, 6) is -1.67. The van der Waals surface area contributed by atoms with Crippen molar-refractivity contribution < 1.29 is 24.5 Å². The van der Waals surface area contributed by atoms with Crippen LogP contribution in [0.25, 0.3) is 23.0 Å². The second-order valence-corrected chi connectivity index (χ2v) is 7.95.